The lowest BCUT2D eigenvalue weighted by atomic mass is 10.1. The van der Waals surface area contributed by atoms with Crippen molar-refractivity contribution in [1.29, 1.82) is 0 Å². The second-order valence-corrected chi connectivity index (χ2v) is 4.31. The highest BCUT2D eigenvalue weighted by atomic mass is 16.5. The van der Waals surface area contributed by atoms with Crippen LogP contribution in [-0.4, -0.2) is 24.8 Å². The Kier molecular flexibility index (Phi) is 3.80. The molecule has 1 fully saturated rings. The van der Waals surface area contributed by atoms with Crippen LogP contribution in [0.1, 0.15) is 30.9 Å². The number of methoxy groups -OCH3 is 1. The van der Waals surface area contributed by atoms with Crippen LogP contribution >= 0.6 is 0 Å². The van der Waals surface area contributed by atoms with Gasteiger partial charge in [0.05, 0.1) is 13.2 Å². The number of benzene rings is 1. The maximum absolute atomic E-state index is 9.98. The Balaban J connectivity index is 1.83. The van der Waals surface area contributed by atoms with Gasteiger partial charge in [-0.1, -0.05) is 12.1 Å². The topological polar surface area (TPSA) is 41.5 Å². The Bertz CT molecular complexity index is 336. The van der Waals surface area contributed by atoms with Crippen LogP contribution in [0, 0.1) is 0 Å². The average molecular weight is 221 g/mol. The van der Waals surface area contributed by atoms with E-state index in [1.165, 1.54) is 12.8 Å². The fourth-order valence-corrected chi connectivity index (χ4v) is 1.73. The number of nitrogens with one attached hydrogen (secondary N) is 1. The molecule has 3 nitrogen and oxygen atoms in total. The smallest absolute Gasteiger partial charge is 0.119 e. The zero-order valence-corrected chi connectivity index (χ0v) is 9.65. The van der Waals surface area contributed by atoms with Gasteiger partial charge in [0.1, 0.15) is 5.75 Å². The SMILES string of the molecule is COc1cccc(C(O)CCNC2CC2)c1. The zero-order chi connectivity index (χ0) is 11.4. The van der Waals surface area contributed by atoms with Gasteiger partial charge in [-0.05, 0) is 43.5 Å². The summed E-state index contributed by atoms with van der Waals surface area (Å²) in [4.78, 5) is 0. The Labute approximate surface area is 96.4 Å². The quantitative estimate of drug-likeness (QED) is 0.770. The number of aliphatic hydroxyl groups is 1. The van der Waals surface area contributed by atoms with Gasteiger partial charge in [0.2, 0.25) is 0 Å². The van der Waals surface area contributed by atoms with Crippen molar-refractivity contribution < 1.29 is 9.84 Å². The van der Waals surface area contributed by atoms with Crippen LogP contribution in [0.15, 0.2) is 24.3 Å². The van der Waals surface area contributed by atoms with Gasteiger partial charge >= 0.3 is 0 Å². The third-order valence-corrected chi connectivity index (χ3v) is 2.91. The highest BCUT2D eigenvalue weighted by molar-refractivity contribution is 5.29. The van der Waals surface area contributed by atoms with Gasteiger partial charge < -0.3 is 15.2 Å². The van der Waals surface area contributed by atoms with Gasteiger partial charge in [-0.25, -0.2) is 0 Å². The molecule has 0 aromatic heterocycles. The summed E-state index contributed by atoms with van der Waals surface area (Å²) >= 11 is 0. The minimum Gasteiger partial charge on any atom is -0.497 e. The fraction of sp³-hybridized carbons (Fsp3) is 0.538. The molecule has 0 aliphatic heterocycles. The van der Waals surface area contributed by atoms with Crippen LogP contribution in [-0.2, 0) is 0 Å². The molecule has 1 aliphatic carbocycles. The number of rotatable bonds is 6. The molecule has 0 bridgehead atoms. The number of aliphatic hydroxyl groups excluding tert-OH is 1. The normalized spacial score (nSPS) is 17.1. The molecule has 0 saturated heterocycles. The van der Waals surface area contributed by atoms with Gasteiger partial charge in [0.25, 0.3) is 0 Å². The molecule has 1 atom stereocenters. The van der Waals surface area contributed by atoms with E-state index >= 15 is 0 Å². The second-order valence-electron chi connectivity index (χ2n) is 4.31. The van der Waals surface area contributed by atoms with Gasteiger partial charge in [-0.15, -0.1) is 0 Å². The molecule has 2 rings (SSSR count). The van der Waals surface area contributed by atoms with Crippen molar-refractivity contribution in [3.8, 4) is 5.75 Å². The van der Waals surface area contributed by atoms with Gasteiger partial charge in [0, 0.05) is 6.04 Å². The van der Waals surface area contributed by atoms with E-state index in [1.807, 2.05) is 24.3 Å². The fourth-order valence-electron chi connectivity index (χ4n) is 1.73. The lowest BCUT2D eigenvalue weighted by Crippen LogP contribution is -2.19. The molecular formula is C13H19NO2. The van der Waals surface area contributed by atoms with E-state index in [2.05, 4.69) is 5.32 Å². The van der Waals surface area contributed by atoms with Crippen molar-refractivity contribution in [2.45, 2.75) is 31.4 Å². The number of ether oxygens (including phenoxy) is 1. The maximum atomic E-state index is 9.98. The first-order valence-corrected chi connectivity index (χ1v) is 5.85. The largest absolute Gasteiger partial charge is 0.497 e. The molecule has 0 amide bonds. The molecule has 16 heavy (non-hydrogen) atoms. The molecule has 1 aromatic carbocycles. The lowest BCUT2D eigenvalue weighted by molar-refractivity contribution is 0.166. The second kappa shape index (κ2) is 5.32. The van der Waals surface area contributed by atoms with Crippen molar-refractivity contribution in [1.82, 2.24) is 5.32 Å². The van der Waals surface area contributed by atoms with Crippen LogP contribution in [0.25, 0.3) is 0 Å². The molecule has 88 valence electrons. The summed E-state index contributed by atoms with van der Waals surface area (Å²) in [6.45, 7) is 0.878. The van der Waals surface area contributed by atoms with Crippen molar-refractivity contribution in [3.05, 3.63) is 29.8 Å². The van der Waals surface area contributed by atoms with E-state index < -0.39 is 6.10 Å². The third kappa shape index (κ3) is 3.22. The van der Waals surface area contributed by atoms with Crippen LogP contribution in [0.2, 0.25) is 0 Å². The predicted octanol–water partition coefficient (Wildman–Crippen LogP) is 1.87. The highest BCUT2D eigenvalue weighted by Gasteiger charge is 2.20. The molecule has 0 radical (unpaired) electrons. The Morgan fingerprint density at radius 3 is 3.00 bits per heavy atom. The third-order valence-electron chi connectivity index (χ3n) is 2.91. The summed E-state index contributed by atoms with van der Waals surface area (Å²) in [7, 11) is 1.64. The maximum Gasteiger partial charge on any atom is 0.119 e. The van der Waals surface area contributed by atoms with Gasteiger partial charge in [0.15, 0.2) is 0 Å². The van der Waals surface area contributed by atoms with Gasteiger partial charge in [-0.2, -0.15) is 0 Å². The minimum atomic E-state index is -0.402. The average Bonchev–Trinajstić information content (AvgIpc) is 3.13. The Hall–Kier alpha value is -1.06. The molecule has 2 N–H and O–H groups in total. The molecule has 1 saturated carbocycles. The van der Waals surface area contributed by atoms with Crippen LogP contribution in [0.4, 0.5) is 0 Å². The van der Waals surface area contributed by atoms with Crippen molar-refractivity contribution in [2.75, 3.05) is 13.7 Å². The Morgan fingerprint density at radius 2 is 2.31 bits per heavy atom. The molecule has 3 heteroatoms. The van der Waals surface area contributed by atoms with Gasteiger partial charge in [-0.3, -0.25) is 0 Å². The van der Waals surface area contributed by atoms with E-state index in [9.17, 15) is 5.11 Å². The molecule has 1 aromatic rings. The van der Waals surface area contributed by atoms with Crippen LogP contribution in [0.5, 0.6) is 5.75 Å². The van der Waals surface area contributed by atoms with E-state index in [1.54, 1.807) is 7.11 Å². The number of hydrogen-bond donors (Lipinski definition) is 2. The van der Waals surface area contributed by atoms with Crippen LogP contribution in [0.3, 0.4) is 0 Å². The molecular weight excluding hydrogens is 202 g/mol. The lowest BCUT2D eigenvalue weighted by Gasteiger charge is -2.12. The van der Waals surface area contributed by atoms with Crippen molar-refractivity contribution in [2.24, 2.45) is 0 Å². The zero-order valence-electron chi connectivity index (χ0n) is 9.65. The summed E-state index contributed by atoms with van der Waals surface area (Å²) in [6, 6.07) is 8.33. The van der Waals surface area contributed by atoms with E-state index in [4.69, 9.17) is 4.74 Å². The first kappa shape index (κ1) is 11.4. The summed E-state index contributed by atoms with van der Waals surface area (Å²) in [5.74, 6) is 0.798. The van der Waals surface area contributed by atoms with E-state index in [0.29, 0.717) is 6.04 Å². The van der Waals surface area contributed by atoms with Crippen LogP contribution < -0.4 is 10.1 Å². The number of hydrogen-bond acceptors (Lipinski definition) is 3. The minimum absolute atomic E-state index is 0.402. The van der Waals surface area contributed by atoms with E-state index in [0.717, 1.165) is 24.3 Å². The molecule has 1 unspecified atom stereocenters. The summed E-state index contributed by atoms with van der Waals surface area (Å²) in [6.07, 6.45) is 2.93. The summed E-state index contributed by atoms with van der Waals surface area (Å²) < 4.78 is 5.13. The highest BCUT2D eigenvalue weighted by Crippen LogP contribution is 2.22. The molecule has 1 aliphatic rings. The standard InChI is InChI=1S/C13H19NO2/c1-16-12-4-2-3-10(9-12)13(15)7-8-14-11-5-6-11/h2-4,9,11,13-15H,5-8H2,1H3. The molecule has 0 spiro atoms. The predicted molar refractivity (Wildman–Crippen MR) is 63.6 cm³/mol. The van der Waals surface area contributed by atoms with Crippen molar-refractivity contribution >= 4 is 0 Å². The van der Waals surface area contributed by atoms with Crippen molar-refractivity contribution in [3.63, 3.8) is 0 Å². The Morgan fingerprint density at radius 1 is 1.50 bits per heavy atom. The van der Waals surface area contributed by atoms with E-state index in [-0.39, 0.29) is 0 Å². The first-order chi connectivity index (χ1) is 7.79. The summed E-state index contributed by atoms with van der Waals surface area (Å²) in [5.41, 5.74) is 0.928. The molecule has 0 heterocycles. The monoisotopic (exact) mass is 221 g/mol. The summed E-state index contributed by atoms with van der Waals surface area (Å²) in [5, 5.41) is 13.4. The first-order valence-electron chi connectivity index (χ1n) is 5.85.